The van der Waals surface area contributed by atoms with Gasteiger partial charge in [-0.2, -0.15) is 0 Å². The average molecular weight is 226 g/mol. The summed E-state index contributed by atoms with van der Waals surface area (Å²) in [5, 5.41) is 17.7. The van der Waals surface area contributed by atoms with Gasteiger partial charge in [0.25, 0.3) is 0 Å². The van der Waals surface area contributed by atoms with Gasteiger partial charge in [-0.3, -0.25) is 4.79 Å². The van der Waals surface area contributed by atoms with Crippen molar-refractivity contribution in [3.63, 3.8) is 0 Å². The third kappa shape index (κ3) is 4.18. The van der Waals surface area contributed by atoms with Crippen LogP contribution in [0, 0.1) is 0 Å². The molecule has 0 fully saturated rings. The van der Waals surface area contributed by atoms with Crippen LogP contribution in [-0.2, 0) is 4.79 Å². The lowest BCUT2D eigenvalue weighted by Gasteiger charge is -2.10. The number of aliphatic hydroxyl groups excluding tert-OH is 1. The van der Waals surface area contributed by atoms with E-state index in [0.717, 1.165) is 0 Å². The Morgan fingerprint density at radius 2 is 2.12 bits per heavy atom. The minimum atomic E-state index is -1.05. The van der Waals surface area contributed by atoms with Crippen LogP contribution in [0.1, 0.15) is 6.42 Å². The minimum absolute atomic E-state index is 0.0561. The highest BCUT2D eigenvalue weighted by molar-refractivity contribution is 5.67. The van der Waals surface area contributed by atoms with Crippen molar-refractivity contribution in [2.75, 3.05) is 13.7 Å². The number of carboxylic acid groups (broad SMARTS) is 1. The van der Waals surface area contributed by atoms with Gasteiger partial charge in [0, 0.05) is 6.07 Å². The molecule has 0 heterocycles. The van der Waals surface area contributed by atoms with Crippen LogP contribution < -0.4 is 9.47 Å². The van der Waals surface area contributed by atoms with Crippen LogP contribution in [0.2, 0.25) is 0 Å². The fourth-order valence-electron chi connectivity index (χ4n) is 1.14. The van der Waals surface area contributed by atoms with E-state index in [0.29, 0.717) is 11.5 Å². The van der Waals surface area contributed by atoms with E-state index in [4.69, 9.17) is 14.6 Å². The molecule has 1 rings (SSSR count). The summed E-state index contributed by atoms with van der Waals surface area (Å²) in [6.45, 7) is -0.0561. The normalized spacial score (nSPS) is 11.9. The van der Waals surface area contributed by atoms with E-state index in [-0.39, 0.29) is 13.0 Å². The first kappa shape index (κ1) is 12.3. The van der Waals surface area contributed by atoms with Gasteiger partial charge in [-0.1, -0.05) is 6.07 Å². The zero-order valence-corrected chi connectivity index (χ0v) is 8.92. The molecule has 1 unspecified atom stereocenters. The first-order valence-electron chi connectivity index (χ1n) is 4.78. The summed E-state index contributed by atoms with van der Waals surface area (Å²) in [6.07, 6.45) is -1.34. The topological polar surface area (TPSA) is 76.0 Å². The fraction of sp³-hybridized carbons (Fsp3) is 0.364. The first-order chi connectivity index (χ1) is 7.61. The van der Waals surface area contributed by atoms with E-state index < -0.39 is 12.1 Å². The second-order valence-corrected chi connectivity index (χ2v) is 3.24. The number of hydrogen-bond donors (Lipinski definition) is 2. The third-order valence-corrected chi connectivity index (χ3v) is 1.89. The fourth-order valence-corrected chi connectivity index (χ4v) is 1.14. The van der Waals surface area contributed by atoms with Crippen molar-refractivity contribution in [2.24, 2.45) is 0 Å². The summed E-state index contributed by atoms with van der Waals surface area (Å²) in [5.41, 5.74) is 0. The number of carbonyl (C=O) groups is 1. The molecule has 0 aliphatic heterocycles. The Balaban J connectivity index is 2.44. The second-order valence-electron chi connectivity index (χ2n) is 3.24. The van der Waals surface area contributed by atoms with Crippen molar-refractivity contribution in [1.82, 2.24) is 0 Å². The number of ether oxygens (including phenoxy) is 2. The van der Waals surface area contributed by atoms with Gasteiger partial charge in [-0.15, -0.1) is 0 Å². The zero-order valence-electron chi connectivity index (χ0n) is 8.92. The van der Waals surface area contributed by atoms with Crippen molar-refractivity contribution in [2.45, 2.75) is 12.5 Å². The van der Waals surface area contributed by atoms with E-state index in [1.807, 2.05) is 0 Å². The smallest absolute Gasteiger partial charge is 0.306 e. The average Bonchev–Trinajstić information content (AvgIpc) is 2.26. The van der Waals surface area contributed by atoms with Crippen molar-refractivity contribution >= 4 is 5.97 Å². The molecular weight excluding hydrogens is 212 g/mol. The molecule has 2 N–H and O–H groups in total. The Kier molecular flexibility index (Phi) is 4.60. The van der Waals surface area contributed by atoms with Gasteiger partial charge >= 0.3 is 5.97 Å². The second kappa shape index (κ2) is 5.97. The molecule has 0 amide bonds. The van der Waals surface area contributed by atoms with Crippen molar-refractivity contribution < 1.29 is 24.5 Å². The molecule has 0 aliphatic rings. The number of aliphatic carboxylic acids is 1. The Labute approximate surface area is 93.2 Å². The van der Waals surface area contributed by atoms with Crippen LogP contribution in [-0.4, -0.2) is 36.0 Å². The summed E-state index contributed by atoms with van der Waals surface area (Å²) in [4.78, 5) is 10.3. The molecule has 5 heteroatoms. The van der Waals surface area contributed by atoms with Crippen LogP contribution in [0.15, 0.2) is 24.3 Å². The van der Waals surface area contributed by atoms with E-state index in [9.17, 15) is 9.90 Å². The lowest BCUT2D eigenvalue weighted by Crippen LogP contribution is -2.21. The van der Waals surface area contributed by atoms with Gasteiger partial charge in [0.15, 0.2) is 0 Å². The molecule has 1 atom stereocenters. The van der Waals surface area contributed by atoms with Crippen LogP contribution in [0.3, 0.4) is 0 Å². The first-order valence-corrected chi connectivity index (χ1v) is 4.78. The van der Waals surface area contributed by atoms with Gasteiger partial charge < -0.3 is 19.7 Å². The van der Waals surface area contributed by atoms with Gasteiger partial charge in [-0.05, 0) is 12.1 Å². The molecule has 5 nitrogen and oxygen atoms in total. The number of methoxy groups -OCH3 is 1. The van der Waals surface area contributed by atoms with E-state index >= 15 is 0 Å². The highest BCUT2D eigenvalue weighted by Crippen LogP contribution is 2.18. The van der Waals surface area contributed by atoms with E-state index in [2.05, 4.69) is 0 Å². The quantitative estimate of drug-likeness (QED) is 0.754. The van der Waals surface area contributed by atoms with Crippen LogP contribution in [0.4, 0.5) is 0 Å². The Morgan fingerprint density at radius 1 is 1.44 bits per heavy atom. The van der Waals surface area contributed by atoms with Crippen molar-refractivity contribution in [3.05, 3.63) is 24.3 Å². The molecule has 0 bridgehead atoms. The van der Waals surface area contributed by atoms with Gasteiger partial charge in [0.05, 0.1) is 19.6 Å². The molecule has 16 heavy (non-hydrogen) atoms. The number of hydrogen-bond acceptors (Lipinski definition) is 4. The van der Waals surface area contributed by atoms with Gasteiger partial charge in [-0.25, -0.2) is 0 Å². The Morgan fingerprint density at radius 3 is 2.75 bits per heavy atom. The Hall–Kier alpha value is -1.75. The maximum Gasteiger partial charge on any atom is 0.306 e. The molecule has 0 spiro atoms. The standard InChI is InChI=1S/C11H14O5/c1-15-9-3-2-4-10(6-9)16-7-8(12)5-11(13)14/h2-4,6,8,12H,5,7H2,1H3,(H,13,14). The lowest BCUT2D eigenvalue weighted by molar-refractivity contribution is -0.139. The van der Waals surface area contributed by atoms with Crippen LogP contribution in [0.25, 0.3) is 0 Å². The Bertz CT molecular complexity index is 350. The monoisotopic (exact) mass is 226 g/mol. The van der Waals surface area contributed by atoms with Crippen LogP contribution >= 0.6 is 0 Å². The molecule has 1 aromatic carbocycles. The number of benzene rings is 1. The number of rotatable bonds is 6. The maximum atomic E-state index is 10.3. The predicted octanol–water partition coefficient (Wildman–Crippen LogP) is 0.910. The summed E-state index contributed by atoms with van der Waals surface area (Å²) >= 11 is 0. The van der Waals surface area contributed by atoms with Crippen molar-refractivity contribution in [3.8, 4) is 11.5 Å². The van der Waals surface area contributed by atoms with Gasteiger partial charge in [0.1, 0.15) is 18.1 Å². The van der Waals surface area contributed by atoms with Crippen LogP contribution in [0.5, 0.6) is 11.5 Å². The highest BCUT2D eigenvalue weighted by Gasteiger charge is 2.10. The number of carboxylic acids is 1. The zero-order chi connectivity index (χ0) is 12.0. The summed E-state index contributed by atoms with van der Waals surface area (Å²) in [6, 6.07) is 6.88. The van der Waals surface area contributed by atoms with E-state index in [1.165, 1.54) is 0 Å². The molecular formula is C11H14O5. The maximum absolute atomic E-state index is 10.3. The van der Waals surface area contributed by atoms with Gasteiger partial charge in [0.2, 0.25) is 0 Å². The minimum Gasteiger partial charge on any atom is -0.497 e. The summed E-state index contributed by atoms with van der Waals surface area (Å²) in [5.74, 6) is 0.121. The van der Waals surface area contributed by atoms with E-state index in [1.54, 1.807) is 31.4 Å². The summed E-state index contributed by atoms with van der Waals surface area (Å²) in [7, 11) is 1.54. The predicted molar refractivity (Wildman–Crippen MR) is 56.7 cm³/mol. The molecule has 0 aromatic heterocycles. The molecule has 1 aromatic rings. The highest BCUT2D eigenvalue weighted by atomic mass is 16.5. The SMILES string of the molecule is COc1cccc(OCC(O)CC(=O)O)c1. The molecule has 0 aliphatic carbocycles. The molecule has 0 saturated carbocycles. The third-order valence-electron chi connectivity index (χ3n) is 1.89. The molecule has 0 saturated heterocycles. The lowest BCUT2D eigenvalue weighted by atomic mass is 10.3. The molecule has 88 valence electrons. The molecule has 0 radical (unpaired) electrons. The van der Waals surface area contributed by atoms with Crippen molar-refractivity contribution in [1.29, 1.82) is 0 Å². The largest absolute Gasteiger partial charge is 0.497 e. The number of aliphatic hydroxyl groups is 1. The summed E-state index contributed by atoms with van der Waals surface area (Å²) < 4.78 is 10.2.